The van der Waals surface area contributed by atoms with E-state index in [0.29, 0.717) is 0 Å². The van der Waals surface area contributed by atoms with Crippen molar-refractivity contribution in [3.8, 4) is 12.1 Å². The van der Waals surface area contributed by atoms with Gasteiger partial charge in [0.2, 0.25) is 0 Å². The number of carbonyl (C=O) groups is 1. The second-order valence-corrected chi connectivity index (χ2v) is 4.05. The first kappa shape index (κ1) is 14.5. The normalized spacial score (nSPS) is 10.4. The second kappa shape index (κ2) is 5.59. The molecule has 2 heterocycles. The van der Waals surface area contributed by atoms with Gasteiger partial charge in [-0.3, -0.25) is 0 Å². The molecule has 0 bridgehead atoms. The lowest BCUT2D eigenvalue weighted by Crippen LogP contribution is -2.07. The molecule has 0 unspecified atom stereocenters. The molecule has 0 radical (unpaired) electrons. The molecular weight excluding hydrogens is 280 g/mol. The summed E-state index contributed by atoms with van der Waals surface area (Å²) < 4.78 is 32.5. The number of rotatable bonds is 3. The van der Waals surface area contributed by atoms with Crippen LogP contribution in [0.15, 0.2) is 18.3 Å². The molecule has 2 aromatic heterocycles. The van der Waals surface area contributed by atoms with Gasteiger partial charge in [0, 0.05) is 6.20 Å². The highest BCUT2D eigenvalue weighted by molar-refractivity contribution is 6.00. The minimum absolute atomic E-state index is 0.0126. The quantitative estimate of drug-likeness (QED) is 0.814. The molecule has 0 atom stereocenters. The molecule has 21 heavy (non-hydrogen) atoms. The maximum atomic E-state index is 13.3. The lowest BCUT2D eigenvalue weighted by atomic mass is 10.1. The summed E-state index contributed by atoms with van der Waals surface area (Å²) in [6, 6.07) is 6.17. The molecule has 5 nitrogen and oxygen atoms in total. The molecule has 7 heteroatoms. The van der Waals surface area contributed by atoms with Gasteiger partial charge in [0.05, 0.1) is 34.9 Å². The van der Waals surface area contributed by atoms with Crippen LogP contribution >= 0.6 is 0 Å². The lowest BCUT2D eigenvalue weighted by molar-refractivity contribution is 0.0518. The molecule has 2 rings (SSSR count). The van der Waals surface area contributed by atoms with Crippen LogP contribution in [-0.2, 0) is 4.74 Å². The third kappa shape index (κ3) is 2.30. The first-order valence-electron chi connectivity index (χ1n) is 5.98. The summed E-state index contributed by atoms with van der Waals surface area (Å²) in [5, 5.41) is 18.0. The first-order valence-corrected chi connectivity index (χ1v) is 5.98. The van der Waals surface area contributed by atoms with E-state index < -0.39 is 18.0 Å². The Morgan fingerprint density at radius 2 is 2.14 bits per heavy atom. The Hall–Kier alpha value is -2.93. The van der Waals surface area contributed by atoms with Crippen LogP contribution < -0.4 is 0 Å². The van der Waals surface area contributed by atoms with Gasteiger partial charge in [-0.05, 0) is 19.1 Å². The third-order valence-electron chi connectivity index (χ3n) is 2.91. The van der Waals surface area contributed by atoms with Crippen molar-refractivity contribution in [2.24, 2.45) is 0 Å². The number of pyridine rings is 1. The van der Waals surface area contributed by atoms with E-state index in [1.807, 2.05) is 6.07 Å². The van der Waals surface area contributed by atoms with Crippen molar-refractivity contribution in [3.05, 3.63) is 40.7 Å². The summed E-state index contributed by atoms with van der Waals surface area (Å²) >= 11 is 0. The Balaban J connectivity index is 2.90. The van der Waals surface area contributed by atoms with Crippen LogP contribution in [0.25, 0.3) is 5.52 Å². The van der Waals surface area contributed by atoms with Gasteiger partial charge in [0.1, 0.15) is 11.8 Å². The lowest BCUT2D eigenvalue weighted by Gasteiger charge is -2.03. The summed E-state index contributed by atoms with van der Waals surface area (Å²) in [5.41, 5.74) is -1.14. The molecule has 0 N–H and O–H groups in total. The maximum absolute atomic E-state index is 13.3. The molecule has 0 saturated heterocycles. The van der Waals surface area contributed by atoms with Crippen LogP contribution in [-0.4, -0.2) is 17.0 Å². The molecule has 2 aromatic rings. The van der Waals surface area contributed by atoms with Crippen molar-refractivity contribution in [3.63, 3.8) is 0 Å². The van der Waals surface area contributed by atoms with Gasteiger partial charge in [-0.2, -0.15) is 10.5 Å². The highest BCUT2D eigenvalue weighted by Crippen LogP contribution is 2.32. The zero-order valence-electron chi connectivity index (χ0n) is 10.9. The standard InChI is InChI=1S/C14H9F2N3O2/c1-2-21-14(20)12-9-5-8(6-17)3-4-19(9)10(7-18)11(12)13(15)16/h3-5,13H,2H2,1H3. The number of nitriles is 2. The predicted molar refractivity (Wildman–Crippen MR) is 67.7 cm³/mol. The molecule has 106 valence electrons. The van der Waals surface area contributed by atoms with E-state index in [2.05, 4.69) is 0 Å². The Kier molecular flexibility index (Phi) is 3.86. The van der Waals surface area contributed by atoms with Crippen LogP contribution in [0, 0.1) is 22.7 Å². The highest BCUT2D eigenvalue weighted by Gasteiger charge is 2.30. The minimum Gasteiger partial charge on any atom is -0.462 e. The summed E-state index contributed by atoms with van der Waals surface area (Å²) in [7, 11) is 0. The Bertz CT molecular complexity index is 797. The van der Waals surface area contributed by atoms with Crippen LogP contribution in [0.4, 0.5) is 8.78 Å². The van der Waals surface area contributed by atoms with Gasteiger partial charge in [-0.15, -0.1) is 0 Å². The minimum atomic E-state index is -3.01. The monoisotopic (exact) mass is 289 g/mol. The fraction of sp³-hybridized carbons (Fsp3) is 0.214. The van der Waals surface area contributed by atoms with E-state index in [-0.39, 0.29) is 28.9 Å². The molecule has 0 aliphatic carbocycles. The van der Waals surface area contributed by atoms with Crippen LogP contribution in [0.2, 0.25) is 0 Å². The Morgan fingerprint density at radius 3 is 2.67 bits per heavy atom. The van der Waals surface area contributed by atoms with E-state index in [4.69, 9.17) is 15.3 Å². The van der Waals surface area contributed by atoms with Gasteiger partial charge in [-0.1, -0.05) is 0 Å². The number of ether oxygens (including phenoxy) is 1. The van der Waals surface area contributed by atoms with Gasteiger partial charge in [0.15, 0.2) is 0 Å². The predicted octanol–water partition coefficient (Wildman–Crippen LogP) is 2.80. The van der Waals surface area contributed by atoms with E-state index in [1.165, 1.54) is 18.3 Å². The number of esters is 1. The average Bonchev–Trinajstić information content (AvgIpc) is 2.80. The number of hydrogen-bond acceptors (Lipinski definition) is 4. The summed E-state index contributed by atoms with van der Waals surface area (Å²) in [6.45, 7) is 1.56. The number of aromatic nitrogens is 1. The summed E-state index contributed by atoms with van der Waals surface area (Å²) in [5.74, 6) is -0.943. The van der Waals surface area contributed by atoms with Crippen LogP contribution in [0.3, 0.4) is 0 Å². The van der Waals surface area contributed by atoms with E-state index in [0.717, 1.165) is 4.40 Å². The molecule has 0 amide bonds. The van der Waals surface area contributed by atoms with Gasteiger partial charge in [-0.25, -0.2) is 13.6 Å². The number of nitrogens with zero attached hydrogens (tertiary/aromatic N) is 3. The number of hydrogen-bond donors (Lipinski definition) is 0. The Morgan fingerprint density at radius 1 is 1.43 bits per heavy atom. The zero-order valence-corrected chi connectivity index (χ0v) is 10.9. The molecule has 0 aliphatic rings. The van der Waals surface area contributed by atoms with Crippen LogP contribution in [0.5, 0.6) is 0 Å². The molecule has 0 saturated carbocycles. The van der Waals surface area contributed by atoms with Crippen molar-refractivity contribution in [2.75, 3.05) is 6.61 Å². The van der Waals surface area contributed by atoms with E-state index in [1.54, 1.807) is 13.0 Å². The molecule has 0 aliphatic heterocycles. The molecule has 0 fully saturated rings. The van der Waals surface area contributed by atoms with Gasteiger partial charge >= 0.3 is 5.97 Å². The first-order chi connectivity index (χ1) is 10.0. The van der Waals surface area contributed by atoms with Crippen molar-refractivity contribution in [2.45, 2.75) is 13.3 Å². The Labute approximate surface area is 118 Å². The number of alkyl halides is 2. The number of fused-ring (bicyclic) bond motifs is 1. The fourth-order valence-corrected chi connectivity index (χ4v) is 2.09. The fourth-order valence-electron chi connectivity index (χ4n) is 2.09. The van der Waals surface area contributed by atoms with Crippen molar-refractivity contribution in [1.29, 1.82) is 10.5 Å². The average molecular weight is 289 g/mol. The SMILES string of the molecule is CCOC(=O)c1c(C(F)F)c(C#N)n2ccc(C#N)cc12. The number of carbonyl (C=O) groups excluding carboxylic acids is 1. The third-order valence-corrected chi connectivity index (χ3v) is 2.91. The van der Waals surface area contributed by atoms with E-state index in [9.17, 15) is 13.6 Å². The number of halogens is 2. The zero-order chi connectivity index (χ0) is 15.6. The summed E-state index contributed by atoms with van der Waals surface area (Å²) in [4.78, 5) is 12.0. The molecular formula is C14H9F2N3O2. The van der Waals surface area contributed by atoms with Crippen molar-refractivity contribution in [1.82, 2.24) is 4.40 Å². The topological polar surface area (TPSA) is 78.3 Å². The smallest absolute Gasteiger partial charge is 0.340 e. The van der Waals surface area contributed by atoms with Crippen LogP contribution in [0.1, 0.15) is 40.5 Å². The van der Waals surface area contributed by atoms with Crippen molar-refractivity contribution >= 4 is 11.5 Å². The molecule has 0 spiro atoms. The summed E-state index contributed by atoms with van der Waals surface area (Å²) in [6.07, 6.45) is -1.70. The van der Waals surface area contributed by atoms with Gasteiger partial charge in [0.25, 0.3) is 6.43 Å². The second-order valence-electron chi connectivity index (χ2n) is 4.05. The largest absolute Gasteiger partial charge is 0.462 e. The maximum Gasteiger partial charge on any atom is 0.340 e. The van der Waals surface area contributed by atoms with Crippen molar-refractivity contribution < 1.29 is 18.3 Å². The van der Waals surface area contributed by atoms with Gasteiger partial charge < -0.3 is 9.14 Å². The molecule has 0 aromatic carbocycles. The van der Waals surface area contributed by atoms with E-state index >= 15 is 0 Å². The highest BCUT2D eigenvalue weighted by atomic mass is 19.3.